The highest BCUT2D eigenvalue weighted by Gasteiger charge is 2.30. The number of hydrogen-bond acceptors (Lipinski definition) is 6. The quantitative estimate of drug-likeness (QED) is 0.648. The standard InChI is InChI=1S/C20H21ClN2O6S/c1-28-16-6-4-5-15(12-16)22-19(24)13-29-20(25)14-7-8-17(21)18(11-14)30(26,27)23-9-2-3-10-23/h4-8,11-12H,2-3,9-10,13H2,1H3,(H,22,24). The highest BCUT2D eigenvalue weighted by atomic mass is 35.5. The number of rotatable bonds is 7. The summed E-state index contributed by atoms with van der Waals surface area (Å²) in [6, 6.07) is 10.6. The second kappa shape index (κ2) is 9.46. The van der Waals surface area contributed by atoms with Crippen LogP contribution in [0, 0.1) is 0 Å². The van der Waals surface area contributed by atoms with Crippen LogP contribution in [0.3, 0.4) is 0 Å². The van der Waals surface area contributed by atoms with Crippen molar-refractivity contribution in [1.82, 2.24) is 4.31 Å². The molecule has 1 fully saturated rings. The summed E-state index contributed by atoms with van der Waals surface area (Å²) < 4.78 is 37.0. The first-order valence-electron chi connectivity index (χ1n) is 9.22. The van der Waals surface area contributed by atoms with Crippen LogP contribution in [0.25, 0.3) is 0 Å². The molecule has 2 aromatic rings. The van der Waals surface area contributed by atoms with Crippen molar-refractivity contribution in [2.45, 2.75) is 17.7 Å². The Morgan fingerprint density at radius 2 is 1.87 bits per heavy atom. The molecule has 0 spiro atoms. The van der Waals surface area contributed by atoms with Crippen LogP contribution in [0.1, 0.15) is 23.2 Å². The Labute approximate surface area is 179 Å². The number of benzene rings is 2. The van der Waals surface area contributed by atoms with Crippen molar-refractivity contribution < 1.29 is 27.5 Å². The summed E-state index contributed by atoms with van der Waals surface area (Å²) in [6.07, 6.45) is 1.56. The average Bonchev–Trinajstić information content (AvgIpc) is 3.28. The van der Waals surface area contributed by atoms with E-state index < -0.39 is 28.5 Å². The predicted octanol–water partition coefficient (Wildman–Crippen LogP) is 2.93. The summed E-state index contributed by atoms with van der Waals surface area (Å²) in [5.74, 6) is -0.807. The lowest BCUT2D eigenvalue weighted by Crippen LogP contribution is -2.28. The average molecular weight is 453 g/mol. The van der Waals surface area contributed by atoms with Gasteiger partial charge in [-0.1, -0.05) is 17.7 Å². The SMILES string of the molecule is COc1cccc(NC(=O)COC(=O)c2ccc(Cl)c(S(=O)(=O)N3CCCC3)c2)c1. The molecular formula is C20H21ClN2O6S. The Morgan fingerprint density at radius 3 is 2.57 bits per heavy atom. The number of ether oxygens (including phenoxy) is 2. The van der Waals surface area contributed by atoms with Gasteiger partial charge in [0.15, 0.2) is 6.61 Å². The van der Waals surface area contributed by atoms with E-state index in [2.05, 4.69) is 5.32 Å². The van der Waals surface area contributed by atoms with Crippen LogP contribution in [-0.2, 0) is 19.6 Å². The number of nitrogens with one attached hydrogen (secondary N) is 1. The molecule has 1 heterocycles. The molecule has 1 saturated heterocycles. The van der Waals surface area contributed by atoms with Gasteiger partial charge in [-0.05, 0) is 43.2 Å². The van der Waals surface area contributed by atoms with Crippen LogP contribution in [0.2, 0.25) is 5.02 Å². The van der Waals surface area contributed by atoms with Gasteiger partial charge in [0.1, 0.15) is 10.6 Å². The van der Waals surface area contributed by atoms with Gasteiger partial charge in [0.05, 0.1) is 17.7 Å². The smallest absolute Gasteiger partial charge is 0.338 e. The largest absolute Gasteiger partial charge is 0.497 e. The molecule has 160 valence electrons. The highest BCUT2D eigenvalue weighted by molar-refractivity contribution is 7.89. The van der Waals surface area contributed by atoms with E-state index in [1.807, 2.05) is 0 Å². The Bertz CT molecular complexity index is 1050. The molecule has 0 unspecified atom stereocenters. The zero-order valence-corrected chi connectivity index (χ0v) is 17.8. The summed E-state index contributed by atoms with van der Waals surface area (Å²) >= 11 is 6.07. The lowest BCUT2D eigenvalue weighted by molar-refractivity contribution is -0.119. The molecule has 0 saturated carbocycles. The molecule has 3 rings (SSSR count). The number of sulfonamides is 1. The number of amides is 1. The summed E-state index contributed by atoms with van der Waals surface area (Å²) in [6.45, 7) is 0.294. The molecule has 10 heteroatoms. The highest BCUT2D eigenvalue weighted by Crippen LogP contribution is 2.28. The molecule has 0 aliphatic carbocycles. The summed E-state index contributed by atoms with van der Waals surface area (Å²) in [5.41, 5.74) is 0.479. The summed E-state index contributed by atoms with van der Waals surface area (Å²) in [7, 11) is -2.29. The van der Waals surface area contributed by atoms with Gasteiger partial charge in [0.25, 0.3) is 5.91 Å². The van der Waals surface area contributed by atoms with Crippen LogP contribution >= 0.6 is 11.6 Å². The predicted molar refractivity (Wildman–Crippen MR) is 111 cm³/mol. The molecule has 1 N–H and O–H groups in total. The minimum Gasteiger partial charge on any atom is -0.497 e. The van der Waals surface area contributed by atoms with Crippen LogP contribution in [0.5, 0.6) is 5.75 Å². The Hall–Kier alpha value is -2.62. The van der Waals surface area contributed by atoms with Crippen molar-refractivity contribution in [2.24, 2.45) is 0 Å². The first kappa shape index (κ1) is 22.1. The summed E-state index contributed by atoms with van der Waals surface area (Å²) in [4.78, 5) is 24.2. The maximum absolute atomic E-state index is 12.8. The van der Waals surface area contributed by atoms with Crippen molar-refractivity contribution in [2.75, 3.05) is 32.1 Å². The second-order valence-corrected chi connectivity index (χ2v) is 8.93. The third kappa shape index (κ3) is 5.10. The van der Waals surface area contributed by atoms with E-state index in [1.54, 1.807) is 24.3 Å². The van der Waals surface area contributed by atoms with E-state index in [0.717, 1.165) is 12.8 Å². The first-order chi connectivity index (χ1) is 14.3. The molecule has 1 aliphatic rings. The molecule has 0 radical (unpaired) electrons. The third-order valence-electron chi connectivity index (χ3n) is 4.54. The molecule has 0 aromatic heterocycles. The molecule has 2 aromatic carbocycles. The van der Waals surface area contributed by atoms with Crippen molar-refractivity contribution >= 4 is 39.2 Å². The maximum Gasteiger partial charge on any atom is 0.338 e. The number of methoxy groups -OCH3 is 1. The van der Waals surface area contributed by atoms with E-state index in [-0.39, 0.29) is 15.5 Å². The number of carbonyl (C=O) groups is 2. The normalized spacial score (nSPS) is 14.3. The van der Waals surface area contributed by atoms with Gasteiger partial charge >= 0.3 is 5.97 Å². The van der Waals surface area contributed by atoms with Gasteiger partial charge in [0, 0.05) is 24.8 Å². The van der Waals surface area contributed by atoms with Crippen LogP contribution < -0.4 is 10.1 Å². The lowest BCUT2D eigenvalue weighted by atomic mass is 10.2. The zero-order valence-electron chi connectivity index (χ0n) is 16.3. The van der Waals surface area contributed by atoms with E-state index in [9.17, 15) is 18.0 Å². The summed E-state index contributed by atoms with van der Waals surface area (Å²) in [5, 5.41) is 2.61. The van der Waals surface area contributed by atoms with Gasteiger partial charge in [-0.3, -0.25) is 4.79 Å². The van der Waals surface area contributed by atoms with Gasteiger partial charge in [-0.2, -0.15) is 4.31 Å². The van der Waals surface area contributed by atoms with Crippen LogP contribution in [0.15, 0.2) is 47.4 Å². The fourth-order valence-corrected chi connectivity index (χ4v) is 5.03. The van der Waals surface area contributed by atoms with Gasteiger partial charge in [0.2, 0.25) is 10.0 Å². The van der Waals surface area contributed by atoms with Gasteiger partial charge in [-0.15, -0.1) is 0 Å². The minimum absolute atomic E-state index is 0.00801. The zero-order chi connectivity index (χ0) is 21.7. The Kier molecular flexibility index (Phi) is 6.96. The topological polar surface area (TPSA) is 102 Å². The lowest BCUT2D eigenvalue weighted by Gasteiger charge is -2.17. The monoisotopic (exact) mass is 452 g/mol. The molecule has 30 heavy (non-hydrogen) atoms. The maximum atomic E-state index is 12.8. The molecule has 0 atom stereocenters. The van der Waals surface area contributed by atoms with E-state index >= 15 is 0 Å². The number of halogens is 1. The number of hydrogen-bond donors (Lipinski definition) is 1. The van der Waals surface area contributed by atoms with Crippen molar-refractivity contribution in [3.8, 4) is 5.75 Å². The Morgan fingerprint density at radius 1 is 1.13 bits per heavy atom. The third-order valence-corrected chi connectivity index (χ3v) is 6.92. The fraction of sp³-hybridized carbons (Fsp3) is 0.300. The second-order valence-electron chi connectivity index (χ2n) is 6.61. The molecule has 1 aliphatic heterocycles. The van der Waals surface area contributed by atoms with Gasteiger partial charge in [-0.25, -0.2) is 13.2 Å². The minimum atomic E-state index is -3.80. The number of carbonyl (C=O) groups excluding carboxylic acids is 2. The van der Waals surface area contributed by atoms with E-state index in [0.29, 0.717) is 24.5 Å². The number of nitrogens with zero attached hydrogens (tertiary/aromatic N) is 1. The van der Waals surface area contributed by atoms with Crippen LogP contribution in [-0.4, -0.2) is 51.4 Å². The molecule has 1 amide bonds. The first-order valence-corrected chi connectivity index (χ1v) is 11.0. The molecule has 8 nitrogen and oxygen atoms in total. The fourth-order valence-electron chi connectivity index (χ4n) is 3.01. The number of anilines is 1. The number of esters is 1. The van der Waals surface area contributed by atoms with Crippen molar-refractivity contribution in [3.05, 3.63) is 53.1 Å². The van der Waals surface area contributed by atoms with Gasteiger partial charge < -0.3 is 14.8 Å². The molecule has 0 bridgehead atoms. The van der Waals surface area contributed by atoms with E-state index in [1.165, 1.54) is 29.6 Å². The van der Waals surface area contributed by atoms with Crippen LogP contribution in [0.4, 0.5) is 5.69 Å². The van der Waals surface area contributed by atoms with Crippen molar-refractivity contribution in [1.29, 1.82) is 0 Å². The van der Waals surface area contributed by atoms with Crippen molar-refractivity contribution in [3.63, 3.8) is 0 Å². The Balaban J connectivity index is 1.66. The molecular weight excluding hydrogens is 432 g/mol. The van der Waals surface area contributed by atoms with E-state index in [4.69, 9.17) is 21.1 Å².